The average Bonchev–Trinajstić information content (AvgIpc) is 2.90. The van der Waals surface area contributed by atoms with Gasteiger partial charge in [-0.25, -0.2) is 9.78 Å². The van der Waals surface area contributed by atoms with Crippen molar-refractivity contribution in [1.82, 2.24) is 10.3 Å². The molecule has 0 saturated carbocycles. The number of urea groups is 1. The molecule has 0 spiro atoms. The number of carbonyl (C=O) groups is 1. The monoisotopic (exact) mass is 317 g/mol. The van der Waals surface area contributed by atoms with Crippen LogP contribution in [-0.4, -0.2) is 28.8 Å². The summed E-state index contributed by atoms with van der Waals surface area (Å²) in [5, 5.41) is 15.3. The van der Waals surface area contributed by atoms with Gasteiger partial charge in [0, 0.05) is 17.8 Å². The molecule has 0 saturated heterocycles. The van der Waals surface area contributed by atoms with E-state index in [0.29, 0.717) is 11.6 Å². The smallest absolute Gasteiger partial charge is 0.319 e. The van der Waals surface area contributed by atoms with Gasteiger partial charge in [-0.05, 0) is 30.5 Å². The van der Waals surface area contributed by atoms with Gasteiger partial charge in [0.15, 0.2) is 0 Å². The summed E-state index contributed by atoms with van der Waals surface area (Å²) in [6, 6.07) is 6.87. The first-order chi connectivity index (χ1) is 10.8. The second-order valence-electron chi connectivity index (χ2n) is 6.59. The minimum absolute atomic E-state index is 0.188. The number of aliphatic hydroxyl groups excluding tert-OH is 1. The molecule has 6 heteroatoms. The van der Waals surface area contributed by atoms with Crippen LogP contribution in [0.4, 0.5) is 10.5 Å². The SMILES string of the molecule is Cc1coc(-c2cccc(NC(=O)NCC(O)C(C)(C)C)c2)n1. The predicted molar refractivity (Wildman–Crippen MR) is 89.2 cm³/mol. The number of anilines is 1. The molecule has 1 aromatic carbocycles. The molecular formula is C17H23N3O3. The van der Waals surface area contributed by atoms with Gasteiger partial charge in [-0.2, -0.15) is 0 Å². The Bertz CT molecular complexity index is 674. The van der Waals surface area contributed by atoms with Gasteiger partial charge in [0.2, 0.25) is 5.89 Å². The Morgan fingerprint density at radius 3 is 2.74 bits per heavy atom. The Kier molecular flexibility index (Phi) is 5.05. The molecule has 2 amide bonds. The third-order valence-electron chi connectivity index (χ3n) is 3.44. The van der Waals surface area contributed by atoms with E-state index in [1.807, 2.05) is 39.8 Å². The molecule has 1 aromatic heterocycles. The van der Waals surface area contributed by atoms with E-state index in [1.165, 1.54) is 0 Å². The van der Waals surface area contributed by atoms with Crippen molar-refractivity contribution in [2.24, 2.45) is 5.41 Å². The lowest BCUT2D eigenvalue weighted by molar-refractivity contribution is 0.0654. The first-order valence-corrected chi connectivity index (χ1v) is 7.51. The van der Waals surface area contributed by atoms with Crippen molar-refractivity contribution in [2.75, 3.05) is 11.9 Å². The van der Waals surface area contributed by atoms with Crippen molar-refractivity contribution in [1.29, 1.82) is 0 Å². The number of aryl methyl sites for hydroxylation is 1. The number of aromatic nitrogens is 1. The fraction of sp³-hybridized carbons (Fsp3) is 0.412. The number of hydrogen-bond acceptors (Lipinski definition) is 4. The molecule has 1 heterocycles. The Hall–Kier alpha value is -2.34. The Labute approximate surface area is 135 Å². The number of nitrogens with one attached hydrogen (secondary N) is 2. The molecule has 1 unspecified atom stereocenters. The normalized spacial score (nSPS) is 12.7. The van der Waals surface area contributed by atoms with Gasteiger partial charge in [-0.15, -0.1) is 0 Å². The first-order valence-electron chi connectivity index (χ1n) is 7.51. The summed E-state index contributed by atoms with van der Waals surface area (Å²) >= 11 is 0. The molecule has 2 aromatic rings. The van der Waals surface area contributed by atoms with Crippen LogP contribution in [-0.2, 0) is 0 Å². The lowest BCUT2D eigenvalue weighted by atomic mass is 9.89. The fourth-order valence-corrected chi connectivity index (χ4v) is 1.89. The van der Waals surface area contributed by atoms with Gasteiger partial charge in [0.25, 0.3) is 0 Å². The Morgan fingerprint density at radius 1 is 1.39 bits per heavy atom. The van der Waals surface area contributed by atoms with Gasteiger partial charge in [0.05, 0.1) is 11.8 Å². The van der Waals surface area contributed by atoms with Gasteiger partial charge in [-0.3, -0.25) is 0 Å². The fourth-order valence-electron chi connectivity index (χ4n) is 1.89. The van der Waals surface area contributed by atoms with Crippen LogP contribution < -0.4 is 10.6 Å². The van der Waals surface area contributed by atoms with Crippen LogP contribution in [0.2, 0.25) is 0 Å². The lowest BCUT2D eigenvalue weighted by Gasteiger charge is -2.25. The van der Waals surface area contributed by atoms with E-state index in [-0.39, 0.29) is 18.0 Å². The zero-order valence-corrected chi connectivity index (χ0v) is 13.9. The number of amides is 2. The molecule has 0 bridgehead atoms. The third kappa shape index (κ3) is 4.82. The summed E-state index contributed by atoms with van der Waals surface area (Å²) in [4.78, 5) is 16.2. The van der Waals surface area contributed by atoms with Crippen LogP contribution in [0.5, 0.6) is 0 Å². The number of aliphatic hydroxyl groups is 1. The van der Waals surface area contributed by atoms with Gasteiger partial charge in [0.1, 0.15) is 6.26 Å². The minimum Gasteiger partial charge on any atom is -0.444 e. The van der Waals surface area contributed by atoms with Crippen LogP contribution >= 0.6 is 0 Å². The summed E-state index contributed by atoms with van der Waals surface area (Å²) in [5.41, 5.74) is 1.93. The van der Waals surface area contributed by atoms with E-state index in [9.17, 15) is 9.90 Å². The van der Waals surface area contributed by atoms with Crippen LogP contribution in [0.1, 0.15) is 26.5 Å². The summed E-state index contributed by atoms with van der Waals surface area (Å²) in [6.07, 6.45) is 0.964. The van der Waals surface area contributed by atoms with E-state index in [1.54, 1.807) is 18.4 Å². The first kappa shape index (κ1) is 17.0. The molecule has 0 aliphatic carbocycles. The highest BCUT2D eigenvalue weighted by Gasteiger charge is 2.22. The van der Waals surface area contributed by atoms with Crippen LogP contribution in [0, 0.1) is 12.3 Å². The second kappa shape index (κ2) is 6.83. The Morgan fingerprint density at radius 2 is 2.13 bits per heavy atom. The largest absolute Gasteiger partial charge is 0.444 e. The maximum absolute atomic E-state index is 11.9. The topological polar surface area (TPSA) is 87.4 Å². The summed E-state index contributed by atoms with van der Waals surface area (Å²) in [7, 11) is 0. The third-order valence-corrected chi connectivity index (χ3v) is 3.44. The highest BCUT2D eigenvalue weighted by Crippen LogP contribution is 2.22. The van der Waals surface area contributed by atoms with Gasteiger partial charge >= 0.3 is 6.03 Å². The molecule has 6 nitrogen and oxygen atoms in total. The lowest BCUT2D eigenvalue weighted by Crippen LogP contribution is -2.40. The molecule has 1 atom stereocenters. The summed E-state index contributed by atoms with van der Waals surface area (Å²) < 4.78 is 5.35. The van der Waals surface area contributed by atoms with E-state index in [4.69, 9.17) is 4.42 Å². The second-order valence-corrected chi connectivity index (χ2v) is 6.59. The molecule has 0 aliphatic heterocycles. The molecule has 3 N–H and O–H groups in total. The zero-order chi connectivity index (χ0) is 17.0. The summed E-state index contributed by atoms with van der Waals surface area (Å²) in [5.74, 6) is 0.509. The zero-order valence-electron chi connectivity index (χ0n) is 13.9. The number of rotatable bonds is 4. The predicted octanol–water partition coefficient (Wildman–Crippen LogP) is 3.18. The molecule has 124 valence electrons. The van der Waals surface area contributed by atoms with E-state index >= 15 is 0 Å². The minimum atomic E-state index is -0.616. The highest BCUT2D eigenvalue weighted by atomic mass is 16.3. The van der Waals surface area contributed by atoms with Crippen LogP contribution in [0.25, 0.3) is 11.5 Å². The van der Waals surface area contributed by atoms with Gasteiger partial charge < -0.3 is 20.2 Å². The quantitative estimate of drug-likeness (QED) is 0.808. The van der Waals surface area contributed by atoms with Crippen molar-refractivity contribution in [3.63, 3.8) is 0 Å². The molecule has 0 aliphatic rings. The van der Waals surface area contributed by atoms with Crippen molar-refractivity contribution < 1.29 is 14.3 Å². The average molecular weight is 317 g/mol. The standard InChI is InChI=1S/C17H23N3O3/c1-11-10-23-15(19-11)12-6-5-7-13(8-12)20-16(22)18-9-14(21)17(2,3)4/h5-8,10,14,21H,9H2,1-4H3,(H2,18,20,22). The Balaban J connectivity index is 1.96. The molecule has 2 rings (SSSR count). The number of carbonyl (C=O) groups excluding carboxylic acids is 1. The molecule has 0 radical (unpaired) electrons. The van der Waals surface area contributed by atoms with Crippen molar-refractivity contribution >= 4 is 11.7 Å². The maximum Gasteiger partial charge on any atom is 0.319 e. The molecule has 0 fully saturated rings. The van der Waals surface area contributed by atoms with Crippen LogP contribution in [0.3, 0.4) is 0 Å². The van der Waals surface area contributed by atoms with E-state index in [0.717, 1.165) is 11.3 Å². The van der Waals surface area contributed by atoms with Crippen molar-refractivity contribution in [3.8, 4) is 11.5 Å². The number of oxazole rings is 1. The van der Waals surface area contributed by atoms with Crippen molar-refractivity contribution in [3.05, 3.63) is 36.2 Å². The van der Waals surface area contributed by atoms with Gasteiger partial charge in [-0.1, -0.05) is 26.8 Å². The molecular weight excluding hydrogens is 294 g/mol. The highest BCUT2D eigenvalue weighted by molar-refractivity contribution is 5.89. The van der Waals surface area contributed by atoms with E-state index < -0.39 is 6.10 Å². The number of hydrogen-bond donors (Lipinski definition) is 3. The van der Waals surface area contributed by atoms with Crippen molar-refractivity contribution in [2.45, 2.75) is 33.8 Å². The summed E-state index contributed by atoms with van der Waals surface area (Å²) in [6.45, 7) is 7.79. The number of benzene rings is 1. The van der Waals surface area contributed by atoms with E-state index in [2.05, 4.69) is 15.6 Å². The molecule has 23 heavy (non-hydrogen) atoms. The maximum atomic E-state index is 11.9. The van der Waals surface area contributed by atoms with Crippen LogP contribution in [0.15, 0.2) is 34.9 Å². The number of nitrogens with zero attached hydrogens (tertiary/aromatic N) is 1.